The quantitative estimate of drug-likeness (QED) is 0.533. The van der Waals surface area contributed by atoms with Crippen molar-refractivity contribution >= 4 is 11.6 Å². The lowest BCUT2D eigenvalue weighted by molar-refractivity contribution is 0.185. The van der Waals surface area contributed by atoms with Crippen LogP contribution in [0.3, 0.4) is 0 Å². The van der Waals surface area contributed by atoms with E-state index in [2.05, 4.69) is 27.6 Å². The van der Waals surface area contributed by atoms with Crippen LogP contribution in [-0.4, -0.2) is 28.7 Å². The highest BCUT2D eigenvalue weighted by Gasteiger charge is 2.29. The van der Waals surface area contributed by atoms with Gasteiger partial charge < -0.3 is 15.5 Å². The predicted octanol–water partition coefficient (Wildman–Crippen LogP) is 0.915. The molecular formula is C11H19N5O. The van der Waals surface area contributed by atoms with Crippen molar-refractivity contribution in [3.05, 3.63) is 11.9 Å². The van der Waals surface area contributed by atoms with E-state index in [0.717, 1.165) is 31.1 Å². The fraction of sp³-hybridized carbons (Fsp3) is 0.636. The summed E-state index contributed by atoms with van der Waals surface area (Å²) in [6.45, 7) is 5.63. The fourth-order valence-electron chi connectivity index (χ4n) is 1.87. The first-order valence-electron chi connectivity index (χ1n) is 5.86. The number of rotatable bonds is 4. The molecule has 0 aromatic carbocycles. The van der Waals surface area contributed by atoms with Gasteiger partial charge in [-0.2, -0.15) is 0 Å². The summed E-state index contributed by atoms with van der Waals surface area (Å²) in [6.07, 6.45) is 1.75. The number of aryl methyl sites for hydroxylation is 1. The van der Waals surface area contributed by atoms with Crippen molar-refractivity contribution in [1.29, 1.82) is 0 Å². The molecule has 1 aromatic rings. The molecule has 1 fully saturated rings. The lowest BCUT2D eigenvalue weighted by atomic mass is 10.0. The number of hydrogen-bond donors (Lipinski definition) is 3. The Morgan fingerprint density at radius 1 is 1.47 bits per heavy atom. The Labute approximate surface area is 101 Å². The highest BCUT2D eigenvalue weighted by Crippen LogP contribution is 2.23. The molecule has 4 N–H and O–H groups in total. The summed E-state index contributed by atoms with van der Waals surface area (Å²) in [7, 11) is 0. The summed E-state index contributed by atoms with van der Waals surface area (Å²) in [5.74, 6) is 7.58. The number of hydrogen-bond acceptors (Lipinski definition) is 6. The van der Waals surface area contributed by atoms with Gasteiger partial charge in [0.2, 0.25) is 0 Å². The van der Waals surface area contributed by atoms with Crippen LogP contribution in [0.15, 0.2) is 6.07 Å². The summed E-state index contributed by atoms with van der Waals surface area (Å²) in [6, 6.07) is 1.81. The van der Waals surface area contributed by atoms with E-state index in [-0.39, 0.29) is 5.54 Å². The number of aromatic nitrogens is 2. The standard InChI is InChI=1S/C11H19N5O/c1-3-8-13-9(6-10(14-8)16-12)15-11(2)4-5-17-7-11/h6H,3-5,7,12H2,1-2H3,(H2,13,14,15,16). The monoisotopic (exact) mass is 237 g/mol. The van der Waals surface area contributed by atoms with E-state index < -0.39 is 0 Å². The van der Waals surface area contributed by atoms with Crippen LogP contribution >= 0.6 is 0 Å². The highest BCUT2D eigenvalue weighted by molar-refractivity contribution is 5.48. The third-order valence-corrected chi connectivity index (χ3v) is 2.89. The molecule has 1 aliphatic rings. The molecule has 2 rings (SSSR count). The minimum atomic E-state index is -0.0504. The second-order valence-corrected chi connectivity index (χ2v) is 4.54. The van der Waals surface area contributed by atoms with Crippen LogP contribution in [0.5, 0.6) is 0 Å². The molecule has 1 aromatic heterocycles. The third kappa shape index (κ3) is 2.83. The molecule has 1 atom stereocenters. The number of nitrogen functional groups attached to an aromatic ring is 1. The molecule has 17 heavy (non-hydrogen) atoms. The van der Waals surface area contributed by atoms with Crippen LogP contribution in [-0.2, 0) is 11.2 Å². The molecule has 0 spiro atoms. The van der Waals surface area contributed by atoms with E-state index >= 15 is 0 Å². The van der Waals surface area contributed by atoms with Crippen LogP contribution in [0.2, 0.25) is 0 Å². The molecule has 6 heteroatoms. The van der Waals surface area contributed by atoms with Gasteiger partial charge in [0.25, 0.3) is 0 Å². The number of anilines is 2. The predicted molar refractivity (Wildman–Crippen MR) is 66.7 cm³/mol. The summed E-state index contributed by atoms with van der Waals surface area (Å²) in [5.41, 5.74) is 2.51. The number of nitrogens with one attached hydrogen (secondary N) is 2. The molecule has 0 amide bonds. The maximum Gasteiger partial charge on any atom is 0.145 e. The van der Waals surface area contributed by atoms with Crippen molar-refractivity contribution in [2.45, 2.75) is 32.2 Å². The van der Waals surface area contributed by atoms with Crippen molar-refractivity contribution in [3.8, 4) is 0 Å². The Morgan fingerprint density at radius 3 is 2.82 bits per heavy atom. The second kappa shape index (κ2) is 4.85. The van der Waals surface area contributed by atoms with Crippen LogP contribution < -0.4 is 16.6 Å². The van der Waals surface area contributed by atoms with Gasteiger partial charge >= 0.3 is 0 Å². The van der Waals surface area contributed by atoms with Crippen molar-refractivity contribution in [1.82, 2.24) is 9.97 Å². The summed E-state index contributed by atoms with van der Waals surface area (Å²) in [5, 5.41) is 3.40. The van der Waals surface area contributed by atoms with Crippen molar-refractivity contribution in [2.75, 3.05) is 24.0 Å². The zero-order valence-corrected chi connectivity index (χ0v) is 10.3. The Balaban J connectivity index is 2.19. The first-order valence-corrected chi connectivity index (χ1v) is 5.86. The molecule has 1 unspecified atom stereocenters. The Kier molecular flexibility index (Phi) is 3.44. The van der Waals surface area contributed by atoms with Gasteiger partial charge in [0, 0.05) is 19.1 Å². The molecule has 0 radical (unpaired) electrons. The van der Waals surface area contributed by atoms with Gasteiger partial charge in [-0.3, -0.25) is 0 Å². The SMILES string of the molecule is CCc1nc(NN)cc(NC2(C)CCOC2)n1. The highest BCUT2D eigenvalue weighted by atomic mass is 16.5. The Bertz CT molecular complexity index is 367. The van der Waals surface area contributed by atoms with Gasteiger partial charge in [0.05, 0.1) is 12.1 Å². The van der Waals surface area contributed by atoms with Gasteiger partial charge in [0.1, 0.15) is 17.5 Å². The number of hydrazine groups is 1. The molecule has 94 valence electrons. The zero-order chi connectivity index (χ0) is 12.3. The maximum atomic E-state index is 5.40. The zero-order valence-electron chi connectivity index (χ0n) is 10.3. The molecule has 0 saturated carbocycles. The molecular weight excluding hydrogens is 218 g/mol. The van der Waals surface area contributed by atoms with Gasteiger partial charge in [-0.25, -0.2) is 15.8 Å². The Morgan fingerprint density at radius 2 is 2.24 bits per heavy atom. The molecule has 0 bridgehead atoms. The van der Waals surface area contributed by atoms with E-state index in [1.54, 1.807) is 0 Å². The average Bonchev–Trinajstić information content (AvgIpc) is 2.75. The van der Waals surface area contributed by atoms with Crippen molar-refractivity contribution < 1.29 is 4.74 Å². The molecule has 1 saturated heterocycles. The van der Waals surface area contributed by atoms with Crippen molar-refractivity contribution in [2.24, 2.45) is 5.84 Å². The van der Waals surface area contributed by atoms with E-state index in [4.69, 9.17) is 10.6 Å². The molecule has 1 aliphatic heterocycles. The summed E-state index contributed by atoms with van der Waals surface area (Å²) >= 11 is 0. The fourth-order valence-corrected chi connectivity index (χ4v) is 1.87. The molecule has 2 heterocycles. The second-order valence-electron chi connectivity index (χ2n) is 4.54. The molecule has 6 nitrogen and oxygen atoms in total. The van der Waals surface area contributed by atoms with Gasteiger partial charge in [0.15, 0.2) is 0 Å². The van der Waals surface area contributed by atoms with Crippen molar-refractivity contribution in [3.63, 3.8) is 0 Å². The van der Waals surface area contributed by atoms with Crippen LogP contribution in [0.25, 0.3) is 0 Å². The normalized spacial score (nSPS) is 23.7. The van der Waals surface area contributed by atoms with Crippen LogP contribution in [0.4, 0.5) is 11.6 Å². The summed E-state index contributed by atoms with van der Waals surface area (Å²) in [4.78, 5) is 8.68. The lowest BCUT2D eigenvalue weighted by Gasteiger charge is -2.24. The van der Waals surface area contributed by atoms with Gasteiger partial charge in [-0.15, -0.1) is 0 Å². The third-order valence-electron chi connectivity index (χ3n) is 2.89. The van der Waals surface area contributed by atoms with Gasteiger partial charge in [-0.05, 0) is 13.3 Å². The number of nitrogens with two attached hydrogens (primary N) is 1. The molecule has 0 aliphatic carbocycles. The first kappa shape index (κ1) is 12.1. The van der Waals surface area contributed by atoms with Crippen LogP contribution in [0.1, 0.15) is 26.1 Å². The smallest absolute Gasteiger partial charge is 0.145 e. The number of nitrogens with zero attached hydrogens (tertiary/aromatic N) is 2. The minimum absolute atomic E-state index is 0.0504. The van der Waals surface area contributed by atoms with E-state index in [0.29, 0.717) is 12.4 Å². The van der Waals surface area contributed by atoms with E-state index in [9.17, 15) is 0 Å². The maximum absolute atomic E-state index is 5.40. The van der Waals surface area contributed by atoms with E-state index in [1.165, 1.54) is 0 Å². The minimum Gasteiger partial charge on any atom is -0.379 e. The van der Waals surface area contributed by atoms with Gasteiger partial charge in [-0.1, -0.05) is 6.92 Å². The lowest BCUT2D eigenvalue weighted by Crippen LogP contribution is -2.35. The first-order chi connectivity index (χ1) is 8.15. The number of ether oxygens (including phenoxy) is 1. The largest absolute Gasteiger partial charge is 0.379 e. The topological polar surface area (TPSA) is 85.1 Å². The average molecular weight is 237 g/mol. The van der Waals surface area contributed by atoms with Crippen LogP contribution in [0, 0.1) is 0 Å². The van der Waals surface area contributed by atoms with E-state index in [1.807, 2.05) is 13.0 Å². The summed E-state index contributed by atoms with van der Waals surface area (Å²) < 4.78 is 5.40. The Hall–Kier alpha value is -1.40.